The molecule has 0 N–H and O–H groups in total. The maximum atomic E-state index is 13.0. The Morgan fingerprint density at radius 1 is 1.11 bits per heavy atom. The molecule has 28 heavy (non-hydrogen) atoms. The average Bonchev–Trinajstić information content (AvgIpc) is 3.09. The number of ether oxygens (including phenoxy) is 1. The number of aromatic nitrogens is 2. The van der Waals surface area contributed by atoms with Gasteiger partial charge in [0.2, 0.25) is 0 Å². The predicted octanol–water partition coefficient (Wildman–Crippen LogP) is 4.44. The summed E-state index contributed by atoms with van der Waals surface area (Å²) in [7, 11) is 0. The molecule has 0 spiro atoms. The van der Waals surface area contributed by atoms with Crippen LogP contribution in [0, 0.1) is 13.8 Å². The van der Waals surface area contributed by atoms with E-state index in [2.05, 4.69) is 9.97 Å². The van der Waals surface area contributed by atoms with E-state index in [1.807, 2.05) is 62.1 Å². The number of likely N-dealkylation sites (N-methyl/N-ethyl adjacent to an activating group) is 1. The molecule has 0 bridgehead atoms. The summed E-state index contributed by atoms with van der Waals surface area (Å²) >= 11 is 1.42. The molecule has 0 atom stereocenters. The van der Waals surface area contributed by atoms with Gasteiger partial charge in [-0.25, -0.2) is 4.98 Å². The molecule has 3 rings (SSSR count). The summed E-state index contributed by atoms with van der Waals surface area (Å²) < 4.78 is 5.80. The molecule has 5 nitrogen and oxygen atoms in total. The Hall–Kier alpha value is -2.73. The van der Waals surface area contributed by atoms with Gasteiger partial charge in [0.05, 0.1) is 5.69 Å². The first kappa shape index (κ1) is 20.0. The van der Waals surface area contributed by atoms with Crippen molar-refractivity contribution in [2.75, 3.05) is 13.1 Å². The van der Waals surface area contributed by atoms with Gasteiger partial charge >= 0.3 is 0 Å². The predicted molar refractivity (Wildman–Crippen MR) is 112 cm³/mol. The van der Waals surface area contributed by atoms with Crippen LogP contribution >= 0.6 is 11.3 Å². The van der Waals surface area contributed by atoms with Gasteiger partial charge < -0.3 is 9.64 Å². The number of rotatable bonds is 8. The number of thiazole rings is 1. The van der Waals surface area contributed by atoms with Gasteiger partial charge in [-0.1, -0.05) is 17.7 Å². The van der Waals surface area contributed by atoms with Crippen LogP contribution in [-0.2, 0) is 13.0 Å². The number of pyridine rings is 1. The summed E-state index contributed by atoms with van der Waals surface area (Å²) in [5.74, 6) is 0.840. The van der Waals surface area contributed by atoms with Crippen molar-refractivity contribution in [2.45, 2.75) is 33.8 Å². The first-order valence-corrected chi connectivity index (χ1v) is 10.2. The highest BCUT2D eigenvalue weighted by molar-refractivity contribution is 7.13. The lowest BCUT2D eigenvalue weighted by Crippen LogP contribution is -2.32. The average molecular weight is 396 g/mol. The first-order chi connectivity index (χ1) is 13.6. The highest BCUT2D eigenvalue weighted by Gasteiger charge is 2.20. The fourth-order valence-corrected chi connectivity index (χ4v) is 3.80. The van der Waals surface area contributed by atoms with E-state index in [0.29, 0.717) is 24.6 Å². The SMILES string of the molecule is CCN(CCc1ccncc1)C(=O)c1sc(COc2ccc(C)cc2)nc1C. The second kappa shape index (κ2) is 9.46. The monoisotopic (exact) mass is 395 g/mol. The fourth-order valence-electron chi connectivity index (χ4n) is 2.85. The van der Waals surface area contributed by atoms with Crippen molar-refractivity contribution in [2.24, 2.45) is 0 Å². The van der Waals surface area contributed by atoms with Crippen LogP contribution < -0.4 is 4.74 Å². The number of amides is 1. The number of carbonyl (C=O) groups excluding carboxylic acids is 1. The van der Waals surface area contributed by atoms with E-state index in [4.69, 9.17) is 4.74 Å². The van der Waals surface area contributed by atoms with Crippen molar-refractivity contribution >= 4 is 17.2 Å². The van der Waals surface area contributed by atoms with Crippen LogP contribution in [0.2, 0.25) is 0 Å². The van der Waals surface area contributed by atoms with Crippen LogP contribution in [-0.4, -0.2) is 33.9 Å². The largest absolute Gasteiger partial charge is 0.486 e. The topological polar surface area (TPSA) is 55.3 Å². The van der Waals surface area contributed by atoms with Crippen molar-refractivity contribution in [1.82, 2.24) is 14.9 Å². The Morgan fingerprint density at radius 3 is 2.50 bits per heavy atom. The van der Waals surface area contributed by atoms with Crippen LogP contribution in [0.1, 0.15) is 38.4 Å². The van der Waals surface area contributed by atoms with Gasteiger partial charge in [-0.3, -0.25) is 9.78 Å². The smallest absolute Gasteiger partial charge is 0.265 e. The number of nitrogens with zero attached hydrogens (tertiary/aromatic N) is 3. The summed E-state index contributed by atoms with van der Waals surface area (Å²) in [6, 6.07) is 11.9. The van der Waals surface area contributed by atoms with E-state index in [1.165, 1.54) is 22.5 Å². The molecule has 1 aromatic carbocycles. The summed E-state index contributed by atoms with van der Waals surface area (Å²) in [4.78, 5) is 24.1. The lowest BCUT2D eigenvalue weighted by molar-refractivity contribution is 0.0770. The summed E-state index contributed by atoms with van der Waals surface area (Å²) in [6.45, 7) is 7.63. The minimum absolute atomic E-state index is 0.0353. The molecular formula is C22H25N3O2S. The summed E-state index contributed by atoms with van der Waals surface area (Å²) in [5, 5.41) is 0.812. The fraction of sp³-hybridized carbons (Fsp3) is 0.318. The zero-order valence-corrected chi connectivity index (χ0v) is 17.3. The molecular weight excluding hydrogens is 370 g/mol. The molecule has 0 saturated carbocycles. The highest BCUT2D eigenvalue weighted by atomic mass is 32.1. The normalized spacial score (nSPS) is 10.7. The molecule has 1 amide bonds. The third-order valence-corrected chi connectivity index (χ3v) is 5.63. The first-order valence-electron chi connectivity index (χ1n) is 9.40. The third-order valence-electron chi connectivity index (χ3n) is 4.51. The quantitative estimate of drug-likeness (QED) is 0.566. The van der Waals surface area contributed by atoms with Crippen LogP contribution in [0.15, 0.2) is 48.8 Å². The van der Waals surface area contributed by atoms with Crippen molar-refractivity contribution in [1.29, 1.82) is 0 Å². The van der Waals surface area contributed by atoms with Crippen LogP contribution in [0.25, 0.3) is 0 Å². The van der Waals surface area contributed by atoms with E-state index < -0.39 is 0 Å². The van der Waals surface area contributed by atoms with Gasteiger partial charge in [0.15, 0.2) is 0 Å². The van der Waals surface area contributed by atoms with Crippen LogP contribution in [0.3, 0.4) is 0 Å². The lowest BCUT2D eigenvalue weighted by Gasteiger charge is -2.20. The van der Waals surface area contributed by atoms with E-state index in [1.54, 1.807) is 12.4 Å². The molecule has 0 saturated heterocycles. The molecule has 0 aliphatic rings. The van der Waals surface area contributed by atoms with Gasteiger partial charge in [-0.15, -0.1) is 11.3 Å². The van der Waals surface area contributed by atoms with Crippen LogP contribution in [0.5, 0.6) is 5.75 Å². The second-order valence-electron chi connectivity index (χ2n) is 6.61. The van der Waals surface area contributed by atoms with Crippen molar-refractivity contribution in [3.05, 3.63) is 75.5 Å². The molecule has 146 valence electrons. The zero-order chi connectivity index (χ0) is 19.9. The molecule has 6 heteroatoms. The Morgan fingerprint density at radius 2 is 1.82 bits per heavy atom. The number of hydrogen-bond donors (Lipinski definition) is 0. The van der Waals surface area contributed by atoms with Gasteiger partial charge in [0, 0.05) is 25.5 Å². The number of aryl methyl sites for hydroxylation is 2. The van der Waals surface area contributed by atoms with E-state index in [0.717, 1.165) is 22.9 Å². The summed E-state index contributed by atoms with van der Waals surface area (Å²) in [6.07, 6.45) is 4.37. The molecule has 0 fully saturated rings. The summed E-state index contributed by atoms with van der Waals surface area (Å²) in [5.41, 5.74) is 3.13. The molecule has 0 aliphatic heterocycles. The maximum absolute atomic E-state index is 13.0. The van der Waals surface area contributed by atoms with Gasteiger partial charge in [-0.05, 0) is 57.0 Å². The molecule has 0 aliphatic carbocycles. The number of hydrogen-bond acceptors (Lipinski definition) is 5. The van der Waals surface area contributed by atoms with Crippen molar-refractivity contribution in [3.63, 3.8) is 0 Å². The van der Waals surface area contributed by atoms with E-state index in [-0.39, 0.29) is 5.91 Å². The van der Waals surface area contributed by atoms with E-state index in [9.17, 15) is 4.79 Å². The Bertz CT molecular complexity index is 907. The molecule has 0 radical (unpaired) electrons. The van der Waals surface area contributed by atoms with E-state index >= 15 is 0 Å². The zero-order valence-electron chi connectivity index (χ0n) is 16.5. The van der Waals surface area contributed by atoms with Gasteiger partial charge in [-0.2, -0.15) is 0 Å². The minimum atomic E-state index is 0.0353. The number of carbonyl (C=O) groups is 1. The molecule has 0 unspecified atom stereocenters. The van der Waals surface area contributed by atoms with Crippen molar-refractivity contribution < 1.29 is 9.53 Å². The Labute approximate surface area is 170 Å². The standard InChI is InChI=1S/C22H25N3O2S/c1-4-25(14-11-18-9-12-23-13-10-18)22(26)21-17(3)24-20(28-21)15-27-19-7-5-16(2)6-8-19/h5-10,12-13H,4,11,14-15H2,1-3H3. The Kier molecular flexibility index (Phi) is 6.76. The Balaban J connectivity index is 1.63. The maximum Gasteiger partial charge on any atom is 0.265 e. The molecule has 2 aromatic heterocycles. The van der Waals surface area contributed by atoms with Gasteiger partial charge in [0.1, 0.15) is 22.2 Å². The highest BCUT2D eigenvalue weighted by Crippen LogP contribution is 2.22. The van der Waals surface area contributed by atoms with Crippen molar-refractivity contribution in [3.8, 4) is 5.75 Å². The van der Waals surface area contributed by atoms with Gasteiger partial charge in [0.25, 0.3) is 5.91 Å². The minimum Gasteiger partial charge on any atom is -0.486 e. The second-order valence-corrected chi connectivity index (χ2v) is 7.70. The lowest BCUT2D eigenvalue weighted by atomic mass is 10.2. The molecule has 3 aromatic rings. The number of benzene rings is 1. The van der Waals surface area contributed by atoms with Crippen LogP contribution in [0.4, 0.5) is 0 Å². The third kappa shape index (κ3) is 5.16. The molecule has 2 heterocycles.